The number of morpholine rings is 1. The Hall–Kier alpha value is -1.55. The molecule has 12 atom stereocenters. The average Bonchev–Trinajstić information content (AvgIpc) is 3.48. The van der Waals surface area contributed by atoms with Crippen LogP contribution in [0.5, 0.6) is 0 Å². The third-order valence-corrected chi connectivity index (χ3v) is 14.6. The Labute approximate surface area is 276 Å². The Morgan fingerprint density at radius 1 is 0.978 bits per heavy atom. The molecule has 9 heteroatoms. The van der Waals surface area contributed by atoms with Crippen molar-refractivity contribution in [1.82, 2.24) is 15.5 Å². The van der Waals surface area contributed by atoms with Gasteiger partial charge in [0, 0.05) is 55.8 Å². The molecule has 258 valence electrons. The number of hydrogen-bond donors (Lipinski definition) is 2. The van der Waals surface area contributed by atoms with E-state index < -0.39 is 5.79 Å². The van der Waals surface area contributed by atoms with Crippen LogP contribution in [-0.2, 0) is 28.6 Å². The molecular formula is C37H59N3O6. The van der Waals surface area contributed by atoms with Crippen LogP contribution in [0.4, 0.5) is 0 Å². The maximum atomic E-state index is 14.4. The molecule has 3 saturated heterocycles. The molecule has 2 amide bonds. The maximum Gasteiger partial charge on any atom is 0.229 e. The van der Waals surface area contributed by atoms with E-state index in [2.05, 4.69) is 43.2 Å². The van der Waals surface area contributed by atoms with E-state index in [1.807, 2.05) is 0 Å². The zero-order chi connectivity index (χ0) is 32.3. The largest absolute Gasteiger partial charge is 0.379 e. The summed E-state index contributed by atoms with van der Waals surface area (Å²) in [5.74, 6) is 2.52. The second-order valence-corrected chi connectivity index (χ2v) is 16.9. The zero-order valence-electron chi connectivity index (χ0n) is 28.8. The summed E-state index contributed by atoms with van der Waals surface area (Å²) in [7, 11) is 0. The van der Waals surface area contributed by atoms with E-state index in [9.17, 15) is 14.4 Å². The van der Waals surface area contributed by atoms with Gasteiger partial charge in [-0.15, -0.1) is 0 Å². The Bertz CT molecular complexity index is 1170. The first-order chi connectivity index (χ1) is 22.0. The summed E-state index contributed by atoms with van der Waals surface area (Å²) in [5, 5.41) is 6.14. The lowest BCUT2D eigenvalue weighted by molar-refractivity contribution is -0.272. The SMILES string of the molecule is C[C@@H]1CC[C@@]2(OC1)O[C@H]1C[C@H]3[C@@H]4CC[C@H]5CC(NC(=O)CC(=O)NCCCN6CCOCC6)CC[C@]5(C)[C@H]4CC(=O)[C@]3(C)[C@H]1[C@@H]2C. The molecule has 7 aliphatic rings. The fourth-order valence-corrected chi connectivity index (χ4v) is 11.9. The molecule has 1 spiro atoms. The van der Waals surface area contributed by atoms with Crippen LogP contribution < -0.4 is 10.6 Å². The lowest BCUT2D eigenvalue weighted by atomic mass is 9.44. The third kappa shape index (κ3) is 5.67. The van der Waals surface area contributed by atoms with Gasteiger partial charge in [0.1, 0.15) is 12.2 Å². The quantitative estimate of drug-likeness (QED) is 0.315. The van der Waals surface area contributed by atoms with Crippen molar-refractivity contribution in [2.45, 2.75) is 116 Å². The average molecular weight is 642 g/mol. The second-order valence-electron chi connectivity index (χ2n) is 16.9. The summed E-state index contributed by atoms with van der Waals surface area (Å²) in [6, 6.07) is 0.107. The number of hydrogen-bond acceptors (Lipinski definition) is 7. The maximum absolute atomic E-state index is 14.4. The standard InChI is InChI=1S/C37H59N3O6/c1-23-8-11-37(45-22-23)24(2)34-30(46-37)19-29-27-7-6-25-18-26(9-10-35(25,3)28(27)20-31(41)36(29,34)4)39-33(43)21-32(42)38-12-5-13-40-14-16-44-17-15-40/h23-30,34H,5-22H2,1-4H3,(H,38,42)(H,39,43)/t23-,24+,25+,26?,27-,28+,29+,30+,34+,35+,36-,37-/m1/s1. The molecule has 0 bridgehead atoms. The van der Waals surface area contributed by atoms with Crippen LogP contribution in [0.25, 0.3) is 0 Å². The highest BCUT2D eigenvalue weighted by atomic mass is 16.7. The van der Waals surface area contributed by atoms with Gasteiger partial charge in [-0.25, -0.2) is 0 Å². The van der Waals surface area contributed by atoms with Gasteiger partial charge < -0.3 is 24.8 Å². The topological polar surface area (TPSA) is 106 Å². The molecule has 7 rings (SSSR count). The highest BCUT2D eigenvalue weighted by Crippen LogP contribution is 2.70. The van der Waals surface area contributed by atoms with E-state index in [4.69, 9.17) is 14.2 Å². The molecule has 4 saturated carbocycles. The van der Waals surface area contributed by atoms with Crippen molar-refractivity contribution in [2.75, 3.05) is 46.0 Å². The molecule has 2 N–H and O–H groups in total. The van der Waals surface area contributed by atoms with Crippen molar-refractivity contribution in [2.24, 2.45) is 52.3 Å². The summed E-state index contributed by atoms with van der Waals surface area (Å²) in [6.45, 7) is 15.0. The van der Waals surface area contributed by atoms with Gasteiger partial charge in [-0.1, -0.05) is 27.7 Å². The second kappa shape index (κ2) is 12.7. The monoisotopic (exact) mass is 641 g/mol. The van der Waals surface area contributed by atoms with E-state index in [0.717, 1.165) is 90.8 Å². The molecule has 0 aromatic heterocycles. The van der Waals surface area contributed by atoms with Gasteiger partial charge in [-0.05, 0) is 92.9 Å². The lowest BCUT2D eigenvalue weighted by Crippen LogP contribution is -2.59. The highest BCUT2D eigenvalue weighted by molar-refractivity contribution is 5.97. The smallest absolute Gasteiger partial charge is 0.229 e. The minimum atomic E-state index is -0.497. The number of fused-ring (bicyclic) bond motifs is 7. The summed E-state index contributed by atoms with van der Waals surface area (Å²) in [6.07, 6.45) is 9.88. The fraction of sp³-hybridized carbons (Fsp3) is 0.919. The predicted octanol–water partition coefficient (Wildman–Crippen LogP) is 4.33. The lowest BCUT2D eigenvalue weighted by Gasteiger charge is -2.60. The number of nitrogens with zero attached hydrogens (tertiary/aromatic N) is 1. The van der Waals surface area contributed by atoms with Crippen LogP contribution in [0.15, 0.2) is 0 Å². The third-order valence-electron chi connectivity index (χ3n) is 14.6. The van der Waals surface area contributed by atoms with Gasteiger partial charge in [0.15, 0.2) is 5.79 Å². The Morgan fingerprint density at radius 3 is 2.54 bits per heavy atom. The van der Waals surface area contributed by atoms with Gasteiger partial charge >= 0.3 is 0 Å². The highest BCUT2D eigenvalue weighted by Gasteiger charge is 2.71. The number of ether oxygens (including phenoxy) is 3. The van der Waals surface area contributed by atoms with Crippen molar-refractivity contribution < 1.29 is 28.6 Å². The molecule has 4 aliphatic carbocycles. The molecule has 7 fully saturated rings. The van der Waals surface area contributed by atoms with Gasteiger partial charge in [-0.2, -0.15) is 0 Å². The van der Waals surface area contributed by atoms with Gasteiger partial charge in [-0.3, -0.25) is 19.3 Å². The van der Waals surface area contributed by atoms with Crippen molar-refractivity contribution in [3.05, 3.63) is 0 Å². The number of amides is 2. The van der Waals surface area contributed by atoms with E-state index in [-0.39, 0.29) is 53.0 Å². The van der Waals surface area contributed by atoms with Crippen LogP contribution >= 0.6 is 0 Å². The van der Waals surface area contributed by atoms with Crippen LogP contribution in [0, 0.1) is 52.3 Å². The number of carbonyl (C=O) groups excluding carboxylic acids is 3. The first-order valence-corrected chi connectivity index (χ1v) is 18.7. The molecule has 3 heterocycles. The molecular weight excluding hydrogens is 582 g/mol. The molecule has 0 aromatic carbocycles. The zero-order valence-corrected chi connectivity index (χ0v) is 28.8. The summed E-state index contributed by atoms with van der Waals surface area (Å²) < 4.78 is 18.7. The number of rotatable bonds is 7. The van der Waals surface area contributed by atoms with Crippen molar-refractivity contribution in [3.8, 4) is 0 Å². The Balaban J connectivity index is 0.921. The minimum Gasteiger partial charge on any atom is -0.379 e. The molecule has 9 nitrogen and oxygen atoms in total. The molecule has 46 heavy (non-hydrogen) atoms. The number of Topliss-reactive ketones (excluding diaryl/α,β-unsaturated/α-hetero) is 1. The van der Waals surface area contributed by atoms with Gasteiger partial charge in [0.05, 0.1) is 25.9 Å². The first kappa shape index (κ1) is 33.0. The first-order valence-electron chi connectivity index (χ1n) is 18.7. The van der Waals surface area contributed by atoms with Crippen molar-refractivity contribution >= 4 is 17.6 Å². The molecule has 1 unspecified atom stereocenters. The molecule has 0 radical (unpaired) electrons. The molecule has 0 aromatic rings. The molecule has 3 aliphatic heterocycles. The normalized spacial score (nSPS) is 47.0. The van der Waals surface area contributed by atoms with E-state index in [1.54, 1.807) is 0 Å². The van der Waals surface area contributed by atoms with E-state index in [0.29, 0.717) is 48.3 Å². The van der Waals surface area contributed by atoms with E-state index in [1.165, 1.54) is 6.42 Å². The van der Waals surface area contributed by atoms with E-state index >= 15 is 0 Å². The van der Waals surface area contributed by atoms with Crippen LogP contribution in [0.3, 0.4) is 0 Å². The number of nitrogens with one attached hydrogen (secondary N) is 2. The fourth-order valence-electron chi connectivity index (χ4n) is 11.9. The summed E-state index contributed by atoms with van der Waals surface area (Å²) >= 11 is 0. The Morgan fingerprint density at radius 2 is 1.78 bits per heavy atom. The summed E-state index contributed by atoms with van der Waals surface area (Å²) in [4.78, 5) is 42.1. The van der Waals surface area contributed by atoms with Crippen molar-refractivity contribution in [1.29, 1.82) is 0 Å². The van der Waals surface area contributed by atoms with Gasteiger partial charge in [0.25, 0.3) is 0 Å². The van der Waals surface area contributed by atoms with Crippen LogP contribution in [-0.4, -0.2) is 86.4 Å². The van der Waals surface area contributed by atoms with Crippen LogP contribution in [0.1, 0.15) is 98.3 Å². The van der Waals surface area contributed by atoms with Crippen molar-refractivity contribution in [3.63, 3.8) is 0 Å². The number of carbonyl (C=O) groups is 3. The Kier molecular flexibility index (Phi) is 9.12. The number of ketones is 1. The minimum absolute atomic E-state index is 0.107. The van der Waals surface area contributed by atoms with Gasteiger partial charge in [0.2, 0.25) is 11.8 Å². The van der Waals surface area contributed by atoms with Crippen LogP contribution in [0.2, 0.25) is 0 Å². The summed E-state index contributed by atoms with van der Waals surface area (Å²) in [5.41, 5.74) is -0.203. The predicted molar refractivity (Wildman–Crippen MR) is 174 cm³/mol.